The summed E-state index contributed by atoms with van der Waals surface area (Å²) in [6, 6.07) is 6.41. The summed E-state index contributed by atoms with van der Waals surface area (Å²) in [5.74, 6) is -0.264. The van der Waals surface area contributed by atoms with Crippen LogP contribution in [-0.4, -0.2) is 5.11 Å². The highest BCUT2D eigenvalue weighted by Gasteiger charge is 2.35. The molecular formula is C15H21FO. The van der Waals surface area contributed by atoms with E-state index >= 15 is 0 Å². The Morgan fingerprint density at radius 2 is 1.88 bits per heavy atom. The Balaban J connectivity index is 2.24. The minimum Gasteiger partial charge on any atom is -0.385 e. The van der Waals surface area contributed by atoms with Gasteiger partial charge in [-0.05, 0) is 55.2 Å². The quantitative estimate of drug-likeness (QED) is 0.731. The highest BCUT2D eigenvalue weighted by molar-refractivity contribution is 5.23. The van der Waals surface area contributed by atoms with Crippen molar-refractivity contribution in [3.05, 3.63) is 35.6 Å². The first-order valence-electron chi connectivity index (χ1n) is 6.40. The predicted octanol–water partition coefficient (Wildman–Crippen LogP) is 4.00. The van der Waals surface area contributed by atoms with Gasteiger partial charge >= 0.3 is 0 Å². The van der Waals surface area contributed by atoms with Gasteiger partial charge in [0.2, 0.25) is 0 Å². The van der Waals surface area contributed by atoms with E-state index in [1.54, 1.807) is 6.07 Å². The predicted molar refractivity (Wildman–Crippen MR) is 67.2 cm³/mol. The largest absolute Gasteiger partial charge is 0.385 e. The van der Waals surface area contributed by atoms with Gasteiger partial charge in [-0.25, -0.2) is 4.39 Å². The van der Waals surface area contributed by atoms with E-state index < -0.39 is 5.60 Å². The zero-order valence-electron chi connectivity index (χ0n) is 10.7. The van der Waals surface area contributed by atoms with E-state index in [4.69, 9.17) is 0 Å². The Morgan fingerprint density at radius 3 is 2.59 bits per heavy atom. The number of rotatable bonds is 1. The maximum absolute atomic E-state index is 13.2. The molecule has 17 heavy (non-hydrogen) atoms. The SMILES string of the molecule is CC1(C)CCCC(O)(c2cccc(F)c2)CC1. The molecular weight excluding hydrogens is 215 g/mol. The van der Waals surface area contributed by atoms with Crippen LogP contribution < -0.4 is 0 Å². The number of benzene rings is 1. The first kappa shape index (κ1) is 12.6. The topological polar surface area (TPSA) is 20.2 Å². The fraction of sp³-hybridized carbons (Fsp3) is 0.600. The van der Waals surface area contributed by atoms with Gasteiger partial charge in [0.25, 0.3) is 0 Å². The van der Waals surface area contributed by atoms with Crippen LogP contribution >= 0.6 is 0 Å². The van der Waals surface area contributed by atoms with Gasteiger partial charge in [0.15, 0.2) is 0 Å². The van der Waals surface area contributed by atoms with Crippen molar-refractivity contribution in [2.24, 2.45) is 5.41 Å². The molecule has 0 bridgehead atoms. The molecule has 0 aromatic heterocycles. The fourth-order valence-corrected chi connectivity index (χ4v) is 2.72. The molecule has 2 heteroatoms. The molecule has 1 nitrogen and oxygen atoms in total. The van der Waals surface area contributed by atoms with Crippen LogP contribution in [0.2, 0.25) is 0 Å². The number of hydrogen-bond acceptors (Lipinski definition) is 1. The first-order valence-corrected chi connectivity index (χ1v) is 6.40. The summed E-state index contributed by atoms with van der Waals surface area (Å²) < 4.78 is 13.2. The third-order valence-corrected chi connectivity index (χ3v) is 4.02. The van der Waals surface area contributed by atoms with E-state index in [1.165, 1.54) is 12.1 Å². The number of hydrogen-bond donors (Lipinski definition) is 1. The third kappa shape index (κ3) is 2.86. The van der Waals surface area contributed by atoms with Gasteiger partial charge in [0.05, 0.1) is 5.60 Å². The van der Waals surface area contributed by atoms with Gasteiger partial charge in [-0.1, -0.05) is 26.0 Å². The molecule has 0 aliphatic heterocycles. The zero-order chi connectivity index (χ0) is 12.5. The molecule has 0 heterocycles. The average molecular weight is 236 g/mol. The normalized spacial score (nSPS) is 28.7. The molecule has 1 saturated carbocycles. The van der Waals surface area contributed by atoms with Gasteiger partial charge in [-0.15, -0.1) is 0 Å². The fourth-order valence-electron chi connectivity index (χ4n) is 2.72. The first-order chi connectivity index (χ1) is 7.91. The molecule has 1 aromatic rings. The monoisotopic (exact) mass is 236 g/mol. The minimum absolute atomic E-state index is 0.264. The van der Waals surface area contributed by atoms with Crippen molar-refractivity contribution < 1.29 is 9.50 Å². The van der Waals surface area contributed by atoms with Crippen molar-refractivity contribution in [3.8, 4) is 0 Å². The van der Waals surface area contributed by atoms with Crippen LogP contribution in [-0.2, 0) is 5.60 Å². The summed E-state index contributed by atoms with van der Waals surface area (Å²) >= 11 is 0. The highest BCUT2D eigenvalue weighted by Crippen LogP contribution is 2.42. The smallest absolute Gasteiger partial charge is 0.123 e. The van der Waals surface area contributed by atoms with Crippen LogP contribution in [0.1, 0.15) is 51.5 Å². The molecule has 2 rings (SSSR count). The lowest BCUT2D eigenvalue weighted by atomic mass is 9.82. The average Bonchev–Trinajstić information content (AvgIpc) is 2.39. The maximum Gasteiger partial charge on any atom is 0.123 e. The Hall–Kier alpha value is -0.890. The number of aliphatic hydroxyl groups is 1. The zero-order valence-corrected chi connectivity index (χ0v) is 10.7. The summed E-state index contributed by atoms with van der Waals surface area (Å²) in [6.07, 6.45) is 4.58. The van der Waals surface area contributed by atoms with Gasteiger partial charge in [-0.2, -0.15) is 0 Å². The summed E-state index contributed by atoms with van der Waals surface area (Å²) in [4.78, 5) is 0. The van der Waals surface area contributed by atoms with E-state index in [0.29, 0.717) is 0 Å². The molecule has 0 amide bonds. The van der Waals surface area contributed by atoms with Crippen LogP contribution in [0.25, 0.3) is 0 Å². The summed E-state index contributed by atoms with van der Waals surface area (Å²) in [6.45, 7) is 4.48. The second-order valence-electron chi connectivity index (χ2n) is 6.06. The Labute approximate surface area is 103 Å². The van der Waals surface area contributed by atoms with Gasteiger partial charge in [0, 0.05) is 0 Å². The molecule has 1 aromatic carbocycles. The lowest BCUT2D eigenvalue weighted by Crippen LogP contribution is -2.25. The van der Waals surface area contributed by atoms with E-state index in [2.05, 4.69) is 13.8 Å². The van der Waals surface area contributed by atoms with Gasteiger partial charge < -0.3 is 5.11 Å². The third-order valence-electron chi connectivity index (χ3n) is 4.02. The molecule has 0 radical (unpaired) electrons. The lowest BCUT2D eigenvalue weighted by Gasteiger charge is -2.28. The summed E-state index contributed by atoms with van der Waals surface area (Å²) in [5.41, 5.74) is 0.184. The summed E-state index contributed by atoms with van der Waals surface area (Å²) in [5, 5.41) is 10.7. The molecule has 1 atom stereocenters. The second kappa shape index (κ2) is 4.41. The lowest BCUT2D eigenvalue weighted by molar-refractivity contribution is 0.0177. The molecule has 1 fully saturated rings. The van der Waals surface area contributed by atoms with E-state index in [9.17, 15) is 9.50 Å². The van der Waals surface area contributed by atoms with Crippen LogP contribution in [0.3, 0.4) is 0 Å². The molecule has 94 valence electrons. The van der Waals surface area contributed by atoms with Crippen LogP contribution in [0.15, 0.2) is 24.3 Å². The molecule has 1 aliphatic rings. The molecule has 1 aliphatic carbocycles. The van der Waals surface area contributed by atoms with Crippen molar-refractivity contribution in [2.75, 3.05) is 0 Å². The van der Waals surface area contributed by atoms with E-state index in [0.717, 1.165) is 37.7 Å². The summed E-state index contributed by atoms with van der Waals surface area (Å²) in [7, 11) is 0. The van der Waals surface area contributed by atoms with Crippen molar-refractivity contribution in [3.63, 3.8) is 0 Å². The molecule has 0 spiro atoms. The van der Waals surface area contributed by atoms with Crippen molar-refractivity contribution in [1.29, 1.82) is 0 Å². The van der Waals surface area contributed by atoms with E-state index in [-0.39, 0.29) is 11.2 Å². The van der Waals surface area contributed by atoms with Crippen LogP contribution in [0.4, 0.5) is 4.39 Å². The Kier molecular flexibility index (Phi) is 3.26. The number of halogens is 1. The molecule has 1 N–H and O–H groups in total. The highest BCUT2D eigenvalue weighted by atomic mass is 19.1. The van der Waals surface area contributed by atoms with Crippen molar-refractivity contribution in [2.45, 2.75) is 51.6 Å². The second-order valence-corrected chi connectivity index (χ2v) is 6.06. The minimum atomic E-state index is -0.837. The van der Waals surface area contributed by atoms with E-state index in [1.807, 2.05) is 6.07 Å². The molecule has 1 unspecified atom stereocenters. The standard InChI is InChI=1S/C15H21FO/c1-14(2)7-4-8-15(17,10-9-14)12-5-3-6-13(16)11-12/h3,5-6,11,17H,4,7-10H2,1-2H3. The maximum atomic E-state index is 13.2. The molecule has 0 saturated heterocycles. The Morgan fingerprint density at radius 1 is 1.12 bits per heavy atom. The van der Waals surface area contributed by atoms with Crippen molar-refractivity contribution in [1.82, 2.24) is 0 Å². The Bertz CT molecular complexity index is 400. The van der Waals surface area contributed by atoms with Gasteiger partial charge in [-0.3, -0.25) is 0 Å². The van der Waals surface area contributed by atoms with Crippen LogP contribution in [0, 0.1) is 11.2 Å². The van der Waals surface area contributed by atoms with Gasteiger partial charge in [0.1, 0.15) is 5.82 Å². The van der Waals surface area contributed by atoms with Crippen molar-refractivity contribution >= 4 is 0 Å². The van der Waals surface area contributed by atoms with Crippen LogP contribution in [0.5, 0.6) is 0 Å².